The van der Waals surface area contributed by atoms with Crippen molar-refractivity contribution in [1.29, 1.82) is 0 Å². The lowest BCUT2D eigenvalue weighted by molar-refractivity contribution is 0.601. The van der Waals surface area contributed by atoms with E-state index in [4.69, 9.17) is 0 Å². The van der Waals surface area contributed by atoms with Crippen LogP contribution in [0.15, 0.2) is 4.47 Å². The molecule has 0 radical (unpaired) electrons. The first kappa shape index (κ1) is 9.20. The maximum atomic E-state index is 4.28. The van der Waals surface area contributed by atoms with Crippen LogP contribution < -0.4 is 0 Å². The number of hydrogen-bond acceptors (Lipinski definition) is 2. The standard InChI is InChI=1S/C8H12BrNS/c1-5-6(9)7(11-10-5)8(2,3)4/h1-4H3. The molecule has 0 fully saturated rings. The Hall–Kier alpha value is 0.110. The van der Waals surface area contributed by atoms with E-state index in [2.05, 4.69) is 41.1 Å². The first-order chi connectivity index (χ1) is 4.93. The average molecular weight is 234 g/mol. The quantitative estimate of drug-likeness (QED) is 0.669. The number of aromatic nitrogens is 1. The van der Waals surface area contributed by atoms with Crippen molar-refractivity contribution in [1.82, 2.24) is 4.37 Å². The molecule has 0 N–H and O–H groups in total. The zero-order valence-electron chi connectivity index (χ0n) is 7.23. The minimum atomic E-state index is 0.213. The highest BCUT2D eigenvalue weighted by atomic mass is 79.9. The summed E-state index contributed by atoms with van der Waals surface area (Å²) >= 11 is 5.12. The van der Waals surface area contributed by atoms with E-state index in [9.17, 15) is 0 Å². The van der Waals surface area contributed by atoms with E-state index in [0.29, 0.717) is 0 Å². The molecular formula is C8H12BrNS. The molecule has 0 atom stereocenters. The van der Waals surface area contributed by atoms with Gasteiger partial charge in [0.2, 0.25) is 0 Å². The molecule has 0 aliphatic heterocycles. The molecule has 11 heavy (non-hydrogen) atoms. The van der Waals surface area contributed by atoms with Crippen LogP contribution in [-0.4, -0.2) is 4.37 Å². The minimum absolute atomic E-state index is 0.213. The summed E-state index contributed by atoms with van der Waals surface area (Å²) in [5.41, 5.74) is 1.31. The van der Waals surface area contributed by atoms with Crippen molar-refractivity contribution in [2.24, 2.45) is 0 Å². The van der Waals surface area contributed by atoms with Crippen LogP contribution in [0.25, 0.3) is 0 Å². The van der Waals surface area contributed by atoms with E-state index in [1.54, 1.807) is 11.5 Å². The molecule has 1 aromatic rings. The molecule has 0 amide bonds. The normalized spacial score (nSPS) is 12.1. The third-order valence-corrected chi connectivity index (χ3v) is 4.07. The third kappa shape index (κ3) is 1.82. The lowest BCUT2D eigenvalue weighted by Gasteiger charge is -2.15. The summed E-state index contributed by atoms with van der Waals surface area (Å²) in [5, 5.41) is 0. The van der Waals surface area contributed by atoms with Gasteiger partial charge in [-0.15, -0.1) is 0 Å². The number of rotatable bonds is 0. The molecule has 0 aliphatic carbocycles. The fourth-order valence-electron chi connectivity index (χ4n) is 0.825. The van der Waals surface area contributed by atoms with Gasteiger partial charge in [0.25, 0.3) is 0 Å². The summed E-state index contributed by atoms with van der Waals surface area (Å²) < 4.78 is 5.45. The van der Waals surface area contributed by atoms with Crippen LogP contribution >= 0.6 is 27.5 Å². The van der Waals surface area contributed by atoms with Gasteiger partial charge in [-0.25, -0.2) is 0 Å². The Morgan fingerprint density at radius 1 is 1.36 bits per heavy atom. The number of halogens is 1. The van der Waals surface area contributed by atoms with E-state index < -0.39 is 0 Å². The van der Waals surface area contributed by atoms with Crippen LogP contribution in [0, 0.1) is 6.92 Å². The van der Waals surface area contributed by atoms with Gasteiger partial charge in [0.1, 0.15) is 0 Å². The van der Waals surface area contributed by atoms with Crippen LogP contribution in [0.2, 0.25) is 0 Å². The van der Waals surface area contributed by atoms with Crippen molar-refractivity contribution in [3.63, 3.8) is 0 Å². The predicted octanol–water partition coefficient (Wildman–Crippen LogP) is 3.51. The van der Waals surface area contributed by atoms with Crippen LogP contribution in [0.3, 0.4) is 0 Å². The van der Waals surface area contributed by atoms with Gasteiger partial charge >= 0.3 is 0 Å². The van der Waals surface area contributed by atoms with Gasteiger partial charge in [-0.2, -0.15) is 4.37 Å². The first-order valence-electron chi connectivity index (χ1n) is 3.55. The zero-order valence-corrected chi connectivity index (χ0v) is 9.64. The predicted molar refractivity (Wildman–Crippen MR) is 53.3 cm³/mol. The topological polar surface area (TPSA) is 12.9 Å². The molecule has 1 nitrogen and oxygen atoms in total. The summed E-state index contributed by atoms with van der Waals surface area (Å²) in [6.07, 6.45) is 0. The monoisotopic (exact) mass is 233 g/mol. The second kappa shape index (κ2) is 2.87. The molecule has 0 spiro atoms. The molecule has 0 saturated heterocycles. The Labute approximate surface area is 80.1 Å². The molecule has 3 heteroatoms. The minimum Gasteiger partial charge on any atom is -0.197 e. The molecule has 0 aromatic carbocycles. The maximum Gasteiger partial charge on any atom is 0.0656 e. The van der Waals surface area contributed by atoms with Crippen LogP contribution in [-0.2, 0) is 5.41 Å². The maximum absolute atomic E-state index is 4.28. The van der Waals surface area contributed by atoms with Crippen molar-refractivity contribution in [2.45, 2.75) is 33.1 Å². The van der Waals surface area contributed by atoms with Crippen LogP contribution in [0.5, 0.6) is 0 Å². The van der Waals surface area contributed by atoms with Crippen molar-refractivity contribution < 1.29 is 0 Å². The van der Waals surface area contributed by atoms with E-state index in [-0.39, 0.29) is 5.41 Å². The van der Waals surface area contributed by atoms with Crippen molar-refractivity contribution in [2.75, 3.05) is 0 Å². The van der Waals surface area contributed by atoms with E-state index >= 15 is 0 Å². The number of aryl methyl sites for hydroxylation is 1. The summed E-state index contributed by atoms with van der Waals surface area (Å²) in [4.78, 5) is 1.33. The van der Waals surface area contributed by atoms with Gasteiger partial charge in [-0.05, 0) is 39.8 Å². The Kier molecular flexibility index (Phi) is 2.40. The molecule has 0 bridgehead atoms. The highest BCUT2D eigenvalue weighted by Gasteiger charge is 2.20. The molecule has 1 heterocycles. The van der Waals surface area contributed by atoms with Gasteiger partial charge in [0.15, 0.2) is 0 Å². The third-order valence-electron chi connectivity index (χ3n) is 1.47. The molecule has 1 aromatic heterocycles. The van der Waals surface area contributed by atoms with Crippen LogP contribution in [0.1, 0.15) is 31.3 Å². The summed E-state index contributed by atoms with van der Waals surface area (Å²) in [5.74, 6) is 0. The molecule has 0 saturated carbocycles. The molecule has 62 valence electrons. The van der Waals surface area contributed by atoms with Crippen molar-refractivity contribution >= 4 is 27.5 Å². The molecule has 0 unspecified atom stereocenters. The van der Waals surface area contributed by atoms with Crippen molar-refractivity contribution in [3.8, 4) is 0 Å². The van der Waals surface area contributed by atoms with Crippen LogP contribution in [0.4, 0.5) is 0 Å². The second-order valence-electron chi connectivity index (χ2n) is 3.66. The largest absolute Gasteiger partial charge is 0.197 e. The SMILES string of the molecule is Cc1nsc(C(C)(C)C)c1Br. The van der Waals surface area contributed by atoms with E-state index in [1.165, 1.54) is 9.35 Å². The summed E-state index contributed by atoms with van der Waals surface area (Å²) in [6, 6.07) is 0. The highest BCUT2D eigenvalue weighted by Crippen LogP contribution is 2.34. The Morgan fingerprint density at radius 2 is 1.91 bits per heavy atom. The highest BCUT2D eigenvalue weighted by molar-refractivity contribution is 9.10. The van der Waals surface area contributed by atoms with Gasteiger partial charge in [0.05, 0.1) is 10.2 Å². The Balaban J connectivity index is 3.15. The molecular weight excluding hydrogens is 222 g/mol. The molecule has 1 rings (SSSR count). The lowest BCUT2D eigenvalue weighted by atomic mass is 9.94. The summed E-state index contributed by atoms with van der Waals surface area (Å²) in [6.45, 7) is 8.62. The lowest BCUT2D eigenvalue weighted by Crippen LogP contribution is -2.09. The fraction of sp³-hybridized carbons (Fsp3) is 0.625. The van der Waals surface area contributed by atoms with Crippen molar-refractivity contribution in [3.05, 3.63) is 15.0 Å². The summed E-state index contributed by atoms with van der Waals surface area (Å²) in [7, 11) is 0. The number of hydrogen-bond donors (Lipinski definition) is 0. The van der Waals surface area contributed by atoms with E-state index in [1.807, 2.05) is 6.92 Å². The van der Waals surface area contributed by atoms with Gasteiger partial charge < -0.3 is 0 Å². The van der Waals surface area contributed by atoms with Gasteiger partial charge in [0, 0.05) is 4.88 Å². The first-order valence-corrected chi connectivity index (χ1v) is 5.12. The van der Waals surface area contributed by atoms with Gasteiger partial charge in [-0.1, -0.05) is 20.8 Å². The van der Waals surface area contributed by atoms with Gasteiger partial charge in [-0.3, -0.25) is 0 Å². The molecule has 0 aliphatic rings. The second-order valence-corrected chi connectivity index (χ2v) is 5.23. The average Bonchev–Trinajstić information content (AvgIpc) is 2.11. The smallest absolute Gasteiger partial charge is 0.0656 e. The Morgan fingerprint density at radius 3 is 2.09 bits per heavy atom. The van der Waals surface area contributed by atoms with E-state index in [0.717, 1.165) is 5.69 Å². The fourth-order valence-corrected chi connectivity index (χ4v) is 2.66. The number of nitrogens with zero attached hydrogens (tertiary/aromatic N) is 1. The Bertz CT molecular complexity index is 260. The zero-order chi connectivity index (χ0) is 8.65.